The highest BCUT2D eigenvalue weighted by Crippen LogP contribution is 2.29. The quantitative estimate of drug-likeness (QED) is 0.791. The lowest BCUT2D eigenvalue weighted by atomic mass is 9.98. The topological polar surface area (TPSA) is 66.5 Å². The molecule has 1 amide bonds. The molecule has 6 heteroatoms. The Morgan fingerprint density at radius 2 is 1.82 bits per heavy atom. The Kier molecular flexibility index (Phi) is 5.91. The van der Waals surface area contributed by atoms with Crippen LogP contribution in [0.15, 0.2) is 41.3 Å². The first-order valence-corrected chi connectivity index (χ1v) is 11.2. The highest BCUT2D eigenvalue weighted by Gasteiger charge is 2.25. The number of nitrogens with one attached hydrogen (secondary N) is 1. The fraction of sp³-hybridized carbons (Fsp3) is 0.409. The van der Waals surface area contributed by atoms with Crippen LogP contribution < -0.4 is 9.62 Å². The second-order valence-electron chi connectivity index (χ2n) is 7.54. The van der Waals surface area contributed by atoms with E-state index in [2.05, 4.69) is 10.8 Å². The van der Waals surface area contributed by atoms with Crippen LogP contribution >= 0.6 is 0 Å². The molecule has 28 heavy (non-hydrogen) atoms. The van der Waals surface area contributed by atoms with Gasteiger partial charge in [-0.1, -0.05) is 30.7 Å². The zero-order chi connectivity index (χ0) is 20.5. The summed E-state index contributed by atoms with van der Waals surface area (Å²) in [6.45, 7) is 8.54. The maximum Gasteiger partial charge on any atom is 0.241 e. The molecule has 2 aromatic carbocycles. The van der Waals surface area contributed by atoms with Crippen molar-refractivity contribution in [3.8, 4) is 0 Å². The van der Waals surface area contributed by atoms with Crippen molar-refractivity contribution in [3.63, 3.8) is 0 Å². The molecule has 0 bridgehead atoms. The van der Waals surface area contributed by atoms with Crippen molar-refractivity contribution in [3.05, 3.63) is 58.7 Å². The van der Waals surface area contributed by atoms with Gasteiger partial charge in [-0.15, -0.1) is 0 Å². The second-order valence-corrected chi connectivity index (χ2v) is 9.25. The van der Waals surface area contributed by atoms with Crippen molar-refractivity contribution < 1.29 is 13.2 Å². The Hall–Kier alpha value is -2.18. The predicted molar refractivity (Wildman–Crippen MR) is 112 cm³/mol. The molecule has 1 N–H and O–H groups in total. The maximum atomic E-state index is 13.0. The van der Waals surface area contributed by atoms with E-state index in [9.17, 15) is 13.2 Å². The van der Waals surface area contributed by atoms with E-state index in [-0.39, 0.29) is 16.8 Å². The lowest BCUT2D eigenvalue weighted by Crippen LogP contribution is -2.29. The van der Waals surface area contributed by atoms with Crippen molar-refractivity contribution in [2.24, 2.45) is 0 Å². The first kappa shape index (κ1) is 20.6. The molecule has 1 aliphatic rings. The number of carbonyl (C=O) groups is 1. The van der Waals surface area contributed by atoms with Gasteiger partial charge in [0.15, 0.2) is 0 Å². The summed E-state index contributed by atoms with van der Waals surface area (Å²) in [7, 11) is -3.68. The number of amides is 1. The van der Waals surface area contributed by atoms with Gasteiger partial charge in [0.2, 0.25) is 15.9 Å². The molecule has 1 saturated heterocycles. The molecule has 1 fully saturated rings. The molecule has 2 aromatic rings. The molecule has 150 valence electrons. The number of hydrogen-bond donors (Lipinski definition) is 1. The summed E-state index contributed by atoms with van der Waals surface area (Å²) in [6.07, 6.45) is 2.05. The molecule has 1 unspecified atom stereocenters. The van der Waals surface area contributed by atoms with Crippen LogP contribution in [0.1, 0.15) is 54.5 Å². The number of benzene rings is 2. The standard InChI is InChI=1S/C22H28N2O3S/c1-5-20(19-10-8-15(2)13-16(19)3)23-28(26,27)18-9-11-21(17(4)14-18)24-12-6-7-22(24)25/h8-11,13-14,20,23H,5-7,12H2,1-4H3. The number of hydrogen-bond acceptors (Lipinski definition) is 3. The van der Waals surface area contributed by atoms with Crippen molar-refractivity contribution in [1.29, 1.82) is 0 Å². The predicted octanol–water partition coefficient (Wildman–Crippen LogP) is 4.17. The highest BCUT2D eigenvalue weighted by molar-refractivity contribution is 7.89. The molecule has 1 heterocycles. The molecule has 0 spiro atoms. The Bertz CT molecular complexity index is 999. The van der Waals surface area contributed by atoms with Gasteiger partial charge in [-0.3, -0.25) is 4.79 Å². The van der Waals surface area contributed by atoms with Gasteiger partial charge < -0.3 is 4.90 Å². The van der Waals surface area contributed by atoms with Crippen molar-refractivity contribution in [2.75, 3.05) is 11.4 Å². The molecular weight excluding hydrogens is 372 g/mol. The number of aryl methyl sites for hydroxylation is 3. The van der Waals surface area contributed by atoms with Crippen LogP contribution in [0.4, 0.5) is 5.69 Å². The summed E-state index contributed by atoms with van der Waals surface area (Å²) in [6, 6.07) is 10.8. The van der Waals surface area contributed by atoms with Gasteiger partial charge in [-0.25, -0.2) is 13.1 Å². The molecule has 3 rings (SSSR count). The zero-order valence-corrected chi connectivity index (χ0v) is 17.8. The van der Waals surface area contributed by atoms with Gasteiger partial charge in [0, 0.05) is 24.7 Å². The zero-order valence-electron chi connectivity index (χ0n) is 17.0. The first-order valence-electron chi connectivity index (χ1n) is 9.73. The van der Waals surface area contributed by atoms with Crippen LogP contribution in [-0.4, -0.2) is 20.9 Å². The minimum Gasteiger partial charge on any atom is -0.312 e. The molecule has 0 aromatic heterocycles. The average Bonchev–Trinajstić information content (AvgIpc) is 3.06. The Morgan fingerprint density at radius 1 is 1.07 bits per heavy atom. The lowest BCUT2D eigenvalue weighted by molar-refractivity contribution is -0.117. The van der Waals surface area contributed by atoms with Crippen LogP contribution in [0.2, 0.25) is 0 Å². The van der Waals surface area contributed by atoms with Crippen molar-refractivity contribution in [2.45, 2.75) is 57.9 Å². The van der Waals surface area contributed by atoms with Gasteiger partial charge >= 0.3 is 0 Å². The third-order valence-corrected chi connectivity index (χ3v) is 6.82. The number of anilines is 1. The van der Waals surface area contributed by atoms with E-state index < -0.39 is 10.0 Å². The lowest BCUT2D eigenvalue weighted by Gasteiger charge is -2.22. The van der Waals surface area contributed by atoms with E-state index in [1.54, 1.807) is 23.1 Å². The molecule has 0 aliphatic carbocycles. The molecule has 1 atom stereocenters. The van der Waals surface area contributed by atoms with E-state index in [1.807, 2.05) is 39.8 Å². The van der Waals surface area contributed by atoms with E-state index in [0.717, 1.165) is 34.4 Å². The van der Waals surface area contributed by atoms with Crippen LogP contribution in [0, 0.1) is 20.8 Å². The summed E-state index contributed by atoms with van der Waals surface area (Å²) >= 11 is 0. The summed E-state index contributed by atoms with van der Waals surface area (Å²) in [5.74, 6) is 0.0951. The minimum atomic E-state index is -3.68. The monoisotopic (exact) mass is 400 g/mol. The Labute approximate surface area is 167 Å². The normalized spacial score (nSPS) is 15.9. The maximum absolute atomic E-state index is 13.0. The second kappa shape index (κ2) is 8.05. The van der Waals surface area contributed by atoms with Crippen LogP contribution in [-0.2, 0) is 14.8 Å². The molecule has 0 radical (unpaired) electrons. The van der Waals surface area contributed by atoms with E-state index in [4.69, 9.17) is 0 Å². The highest BCUT2D eigenvalue weighted by atomic mass is 32.2. The molecule has 0 saturated carbocycles. The van der Waals surface area contributed by atoms with E-state index in [1.165, 1.54) is 0 Å². The van der Waals surface area contributed by atoms with Crippen LogP contribution in [0.3, 0.4) is 0 Å². The molecule has 1 aliphatic heterocycles. The van der Waals surface area contributed by atoms with Crippen molar-refractivity contribution in [1.82, 2.24) is 4.72 Å². The number of sulfonamides is 1. The van der Waals surface area contributed by atoms with Crippen LogP contribution in [0.25, 0.3) is 0 Å². The van der Waals surface area contributed by atoms with E-state index >= 15 is 0 Å². The number of nitrogens with zero attached hydrogens (tertiary/aromatic N) is 1. The molecular formula is C22H28N2O3S. The summed E-state index contributed by atoms with van der Waals surface area (Å²) in [4.78, 5) is 14.0. The van der Waals surface area contributed by atoms with Gasteiger partial charge in [0.1, 0.15) is 0 Å². The van der Waals surface area contributed by atoms with Gasteiger partial charge in [-0.05, 0) is 68.5 Å². The van der Waals surface area contributed by atoms with Crippen LogP contribution in [0.5, 0.6) is 0 Å². The van der Waals surface area contributed by atoms with Crippen molar-refractivity contribution >= 4 is 21.6 Å². The van der Waals surface area contributed by atoms with E-state index in [0.29, 0.717) is 19.4 Å². The first-order chi connectivity index (χ1) is 13.2. The summed E-state index contributed by atoms with van der Waals surface area (Å²) < 4.78 is 28.9. The number of carbonyl (C=O) groups excluding carboxylic acids is 1. The Morgan fingerprint density at radius 3 is 2.39 bits per heavy atom. The smallest absolute Gasteiger partial charge is 0.241 e. The SMILES string of the molecule is CCC(NS(=O)(=O)c1ccc(N2CCCC2=O)c(C)c1)c1ccc(C)cc1C. The number of rotatable bonds is 6. The van der Waals surface area contributed by atoms with Gasteiger partial charge in [-0.2, -0.15) is 0 Å². The largest absolute Gasteiger partial charge is 0.312 e. The molecule has 5 nitrogen and oxygen atoms in total. The Balaban J connectivity index is 1.87. The third-order valence-electron chi connectivity index (χ3n) is 5.35. The third kappa shape index (κ3) is 4.13. The van der Waals surface area contributed by atoms with Gasteiger partial charge in [0.05, 0.1) is 4.90 Å². The fourth-order valence-electron chi connectivity index (χ4n) is 3.84. The summed E-state index contributed by atoms with van der Waals surface area (Å²) in [5.41, 5.74) is 4.81. The summed E-state index contributed by atoms with van der Waals surface area (Å²) in [5, 5.41) is 0. The fourth-order valence-corrected chi connectivity index (χ4v) is 5.22. The minimum absolute atomic E-state index is 0.0951. The van der Waals surface area contributed by atoms with Gasteiger partial charge in [0.25, 0.3) is 0 Å². The average molecular weight is 401 g/mol.